The summed E-state index contributed by atoms with van der Waals surface area (Å²) in [4.78, 5) is 15.8. The van der Waals surface area contributed by atoms with Gasteiger partial charge in [0.15, 0.2) is 11.6 Å². The van der Waals surface area contributed by atoms with Crippen LogP contribution in [0.2, 0.25) is 0 Å². The van der Waals surface area contributed by atoms with Crippen LogP contribution in [0, 0.1) is 0 Å². The van der Waals surface area contributed by atoms with E-state index in [4.69, 9.17) is 15.0 Å². The molecule has 12 aromatic rings. The van der Waals surface area contributed by atoms with Gasteiger partial charge in [-0.15, -0.1) is 11.3 Å². The average Bonchev–Trinajstić information content (AvgIpc) is 3.95. The van der Waals surface area contributed by atoms with E-state index in [9.17, 15) is 0 Å². The summed E-state index contributed by atoms with van der Waals surface area (Å²) < 4.78 is 7.19. The first-order valence-electron chi connectivity index (χ1n) is 19.1. The highest BCUT2D eigenvalue weighted by Gasteiger charge is 2.23. The molecule has 0 aliphatic heterocycles. The Morgan fingerprint density at radius 3 is 1.82 bits per heavy atom. The maximum atomic E-state index is 5.34. The maximum absolute atomic E-state index is 5.34. The summed E-state index contributed by atoms with van der Waals surface area (Å²) in [6, 6.07) is 66.6. The fraction of sp³-hybridized carbons (Fsp3) is 0. The van der Waals surface area contributed by atoms with Crippen LogP contribution in [-0.2, 0) is 0 Å². The molecule has 57 heavy (non-hydrogen) atoms. The van der Waals surface area contributed by atoms with Crippen molar-refractivity contribution in [2.75, 3.05) is 0 Å². The predicted molar refractivity (Wildman–Crippen MR) is 238 cm³/mol. The van der Waals surface area contributed by atoms with Crippen LogP contribution in [0.3, 0.4) is 0 Å². The van der Waals surface area contributed by atoms with E-state index in [1.807, 2.05) is 29.5 Å². The third-order valence-corrected chi connectivity index (χ3v) is 12.4. The van der Waals surface area contributed by atoms with Crippen molar-refractivity contribution in [1.82, 2.24) is 24.1 Å². The minimum atomic E-state index is 0.573. The Morgan fingerprint density at radius 1 is 0.386 bits per heavy atom. The number of nitrogens with zero attached hydrogens (tertiary/aromatic N) is 5. The molecular formula is C51H31N5S. The number of thiophene rings is 1. The van der Waals surface area contributed by atoms with Crippen molar-refractivity contribution in [1.29, 1.82) is 0 Å². The van der Waals surface area contributed by atoms with Crippen molar-refractivity contribution in [3.63, 3.8) is 0 Å². The first-order valence-corrected chi connectivity index (χ1v) is 19.9. The molecule has 0 saturated carbocycles. The van der Waals surface area contributed by atoms with Gasteiger partial charge in [-0.1, -0.05) is 146 Å². The molecule has 0 saturated heterocycles. The Balaban J connectivity index is 1.12. The highest BCUT2D eigenvalue weighted by atomic mass is 32.1. The monoisotopic (exact) mass is 745 g/mol. The van der Waals surface area contributed by atoms with Gasteiger partial charge < -0.3 is 4.57 Å². The van der Waals surface area contributed by atoms with Crippen molar-refractivity contribution in [3.8, 4) is 45.5 Å². The highest BCUT2D eigenvalue weighted by molar-refractivity contribution is 7.26. The fourth-order valence-electron chi connectivity index (χ4n) is 8.68. The predicted octanol–water partition coefficient (Wildman–Crippen LogP) is 13.4. The summed E-state index contributed by atoms with van der Waals surface area (Å²) in [6.45, 7) is 0. The third-order valence-electron chi connectivity index (χ3n) is 11.2. The Hall–Kier alpha value is -7.41. The number of hydrogen-bond donors (Lipinski definition) is 0. The second-order valence-corrected chi connectivity index (χ2v) is 15.5. The number of para-hydroxylation sites is 3. The summed E-state index contributed by atoms with van der Waals surface area (Å²) in [7, 11) is 0. The van der Waals surface area contributed by atoms with Crippen molar-refractivity contribution in [2.24, 2.45) is 0 Å². The van der Waals surface area contributed by atoms with E-state index in [-0.39, 0.29) is 0 Å². The molecule has 0 N–H and O–H groups in total. The first kappa shape index (κ1) is 31.9. The molecule has 12 rings (SSSR count). The molecule has 4 aromatic heterocycles. The van der Waals surface area contributed by atoms with Gasteiger partial charge in [0.2, 0.25) is 5.95 Å². The lowest BCUT2D eigenvalue weighted by Gasteiger charge is -2.12. The minimum absolute atomic E-state index is 0.573. The Kier molecular flexibility index (Phi) is 7.03. The number of benzene rings is 8. The zero-order chi connectivity index (χ0) is 37.5. The summed E-state index contributed by atoms with van der Waals surface area (Å²) in [6.07, 6.45) is 0. The van der Waals surface area contributed by atoms with E-state index >= 15 is 0 Å². The van der Waals surface area contributed by atoms with E-state index in [2.05, 4.69) is 179 Å². The first-order chi connectivity index (χ1) is 28.3. The molecule has 0 amide bonds. The Labute approximate surface area is 331 Å². The number of fused-ring (bicyclic) bond motifs is 10. The molecule has 0 aliphatic carbocycles. The van der Waals surface area contributed by atoms with Gasteiger partial charge in [0.1, 0.15) is 0 Å². The van der Waals surface area contributed by atoms with Gasteiger partial charge in [-0.3, -0.25) is 4.57 Å². The van der Waals surface area contributed by atoms with Crippen molar-refractivity contribution >= 4 is 75.1 Å². The van der Waals surface area contributed by atoms with E-state index in [0.717, 1.165) is 49.7 Å². The van der Waals surface area contributed by atoms with Crippen LogP contribution in [-0.4, -0.2) is 24.1 Å². The molecule has 8 aromatic carbocycles. The quantitative estimate of drug-likeness (QED) is 0.176. The molecule has 5 nitrogen and oxygen atoms in total. The standard InChI is InChI=1S/C51H31N5S/c1-3-15-32(16-4-1)49-52-50(34-18-13-17-33(31-34)36-24-14-25-40-38-22-9-12-28-45(38)57-48(36)40)54-51(53-49)56-43-27-11-8-23-41(43)46-44(56)30-29-39-37-21-7-10-26-42(37)55(47(39)46)35-19-5-2-6-20-35/h1-31H. The zero-order valence-corrected chi connectivity index (χ0v) is 31.4. The molecular weight excluding hydrogens is 715 g/mol. The summed E-state index contributed by atoms with van der Waals surface area (Å²) in [5.41, 5.74) is 9.71. The van der Waals surface area contributed by atoms with Gasteiger partial charge in [0.25, 0.3) is 0 Å². The van der Waals surface area contributed by atoms with Crippen LogP contribution >= 0.6 is 11.3 Å². The SMILES string of the molecule is c1ccc(-c2nc(-c3cccc(-c4cccc5c4sc4ccccc45)c3)nc(-n3c4ccccc4c4c3ccc3c5ccccc5n(-c5ccccc5)c34)n2)cc1. The van der Waals surface area contributed by atoms with Crippen LogP contribution in [0.25, 0.3) is 109 Å². The lowest BCUT2D eigenvalue weighted by atomic mass is 10.0. The number of rotatable bonds is 5. The molecule has 4 heterocycles. The highest BCUT2D eigenvalue weighted by Crippen LogP contribution is 2.43. The van der Waals surface area contributed by atoms with Gasteiger partial charge in [-0.25, -0.2) is 4.98 Å². The summed E-state index contributed by atoms with van der Waals surface area (Å²) in [5, 5.41) is 7.29. The maximum Gasteiger partial charge on any atom is 0.238 e. The molecule has 0 atom stereocenters. The van der Waals surface area contributed by atoms with Gasteiger partial charge in [-0.2, -0.15) is 9.97 Å². The summed E-state index contributed by atoms with van der Waals surface area (Å²) in [5.74, 6) is 1.82. The Morgan fingerprint density at radius 2 is 1.00 bits per heavy atom. The zero-order valence-electron chi connectivity index (χ0n) is 30.5. The molecule has 0 unspecified atom stereocenters. The van der Waals surface area contributed by atoms with Gasteiger partial charge in [-0.05, 0) is 53.6 Å². The largest absolute Gasteiger partial charge is 0.309 e. The second-order valence-electron chi connectivity index (χ2n) is 14.4. The molecule has 266 valence electrons. The molecule has 0 spiro atoms. The second kappa shape index (κ2) is 12.6. The number of aromatic nitrogens is 5. The van der Waals surface area contributed by atoms with Crippen LogP contribution in [0.5, 0.6) is 0 Å². The molecule has 0 radical (unpaired) electrons. The topological polar surface area (TPSA) is 48.5 Å². The van der Waals surface area contributed by atoms with Crippen molar-refractivity contribution in [2.45, 2.75) is 0 Å². The minimum Gasteiger partial charge on any atom is -0.309 e. The lowest BCUT2D eigenvalue weighted by Crippen LogP contribution is -2.06. The number of hydrogen-bond acceptors (Lipinski definition) is 4. The van der Waals surface area contributed by atoms with Crippen LogP contribution < -0.4 is 0 Å². The van der Waals surface area contributed by atoms with Crippen molar-refractivity contribution < 1.29 is 0 Å². The van der Waals surface area contributed by atoms with Gasteiger partial charge in [0.05, 0.1) is 22.1 Å². The van der Waals surface area contributed by atoms with E-state index in [0.29, 0.717) is 17.6 Å². The lowest BCUT2D eigenvalue weighted by molar-refractivity contribution is 0.953. The van der Waals surface area contributed by atoms with E-state index in [1.165, 1.54) is 42.0 Å². The van der Waals surface area contributed by atoms with Gasteiger partial charge in [0, 0.05) is 58.5 Å². The van der Waals surface area contributed by atoms with E-state index < -0.39 is 0 Å². The average molecular weight is 746 g/mol. The molecule has 0 aliphatic rings. The van der Waals surface area contributed by atoms with Crippen molar-refractivity contribution in [3.05, 3.63) is 188 Å². The summed E-state index contributed by atoms with van der Waals surface area (Å²) >= 11 is 1.84. The fourth-order valence-corrected chi connectivity index (χ4v) is 9.92. The van der Waals surface area contributed by atoms with Crippen LogP contribution in [0.15, 0.2) is 188 Å². The third kappa shape index (κ3) is 4.91. The molecule has 0 fully saturated rings. The van der Waals surface area contributed by atoms with E-state index in [1.54, 1.807) is 0 Å². The normalized spacial score (nSPS) is 11.9. The molecule has 0 bridgehead atoms. The van der Waals surface area contributed by atoms with Crippen LogP contribution in [0.1, 0.15) is 0 Å². The smallest absolute Gasteiger partial charge is 0.238 e. The van der Waals surface area contributed by atoms with Gasteiger partial charge >= 0.3 is 0 Å². The van der Waals surface area contributed by atoms with Crippen LogP contribution in [0.4, 0.5) is 0 Å². The Bertz CT molecular complexity index is 3520. The molecule has 6 heteroatoms.